The summed E-state index contributed by atoms with van der Waals surface area (Å²) in [5.74, 6) is 1.87. The van der Waals surface area contributed by atoms with Gasteiger partial charge in [0, 0.05) is 43.4 Å². The molecule has 0 aliphatic rings. The Balaban J connectivity index is 1.42. The van der Waals surface area contributed by atoms with Gasteiger partial charge in [-0.1, -0.05) is 140 Å². The number of aromatic nitrogens is 5. The molecule has 4 aromatic heterocycles. The highest BCUT2D eigenvalue weighted by molar-refractivity contribution is 6.38. The minimum Gasteiger partial charge on any atom is -0.306 e. The second kappa shape index (κ2) is 9.47. The Morgan fingerprint density at radius 1 is 0.333 bits per heavy atom. The van der Waals surface area contributed by atoms with Gasteiger partial charge in [-0.3, -0.25) is 4.57 Å². The quantitative estimate of drug-likeness (QED) is 0.200. The molecule has 0 aliphatic heterocycles. The molecule has 5 heteroatoms. The van der Waals surface area contributed by atoms with E-state index in [1.807, 2.05) is 36.4 Å². The highest BCUT2D eigenvalue weighted by Crippen LogP contribution is 2.48. The van der Waals surface area contributed by atoms with Crippen molar-refractivity contribution in [1.29, 1.82) is 0 Å². The minimum atomic E-state index is 0.593. The van der Waals surface area contributed by atoms with Gasteiger partial charge in [0.25, 0.3) is 0 Å². The molecule has 4 heterocycles. The van der Waals surface area contributed by atoms with Crippen molar-refractivity contribution < 1.29 is 0 Å². The summed E-state index contributed by atoms with van der Waals surface area (Å²) in [7, 11) is 0. The van der Waals surface area contributed by atoms with Gasteiger partial charge < -0.3 is 4.40 Å². The van der Waals surface area contributed by atoms with Crippen LogP contribution in [-0.2, 0) is 0 Å². The molecule has 0 unspecified atom stereocenters. The van der Waals surface area contributed by atoms with E-state index in [0.717, 1.165) is 33.1 Å². The van der Waals surface area contributed by atoms with Crippen molar-refractivity contribution >= 4 is 70.7 Å². The predicted molar refractivity (Wildman–Crippen MR) is 197 cm³/mol. The molecule has 48 heavy (non-hydrogen) atoms. The fraction of sp³-hybridized carbons (Fsp3) is 0. The first-order chi connectivity index (χ1) is 23.8. The summed E-state index contributed by atoms with van der Waals surface area (Å²) < 4.78 is 4.76. The van der Waals surface area contributed by atoms with Crippen LogP contribution < -0.4 is 0 Å². The van der Waals surface area contributed by atoms with E-state index >= 15 is 0 Å². The molecule has 0 aliphatic carbocycles. The molecule has 7 aromatic carbocycles. The van der Waals surface area contributed by atoms with Crippen LogP contribution in [0.5, 0.6) is 0 Å². The number of para-hydroxylation sites is 3. The zero-order chi connectivity index (χ0) is 31.3. The third kappa shape index (κ3) is 3.32. The molecular formula is C43H25N5. The van der Waals surface area contributed by atoms with Gasteiger partial charge in [0.15, 0.2) is 11.6 Å². The summed E-state index contributed by atoms with van der Waals surface area (Å²) in [5.41, 5.74) is 7.63. The molecule has 0 amide bonds. The third-order valence-electron chi connectivity index (χ3n) is 9.88. The van der Waals surface area contributed by atoms with Crippen LogP contribution in [0, 0.1) is 0 Å². The summed E-state index contributed by atoms with van der Waals surface area (Å²) in [6.07, 6.45) is 0. The van der Waals surface area contributed by atoms with E-state index in [1.54, 1.807) is 0 Å². The lowest BCUT2D eigenvalue weighted by molar-refractivity contribution is 0.954. The second-order valence-electron chi connectivity index (χ2n) is 12.4. The molecule has 0 bridgehead atoms. The maximum atomic E-state index is 5.26. The molecule has 0 N–H and O–H groups in total. The van der Waals surface area contributed by atoms with E-state index in [0.29, 0.717) is 17.6 Å². The Bertz CT molecular complexity index is 2980. The Morgan fingerprint density at radius 3 is 1.50 bits per heavy atom. The average molecular weight is 612 g/mol. The van der Waals surface area contributed by atoms with Crippen LogP contribution in [0.15, 0.2) is 152 Å². The maximum Gasteiger partial charge on any atom is 0.238 e. The van der Waals surface area contributed by atoms with Crippen LogP contribution in [0.4, 0.5) is 0 Å². The van der Waals surface area contributed by atoms with Crippen molar-refractivity contribution in [2.45, 2.75) is 0 Å². The maximum absolute atomic E-state index is 5.26. The number of rotatable bonds is 3. The molecule has 0 saturated heterocycles. The number of nitrogens with zero attached hydrogens (tertiary/aromatic N) is 5. The summed E-state index contributed by atoms with van der Waals surface area (Å²) in [6, 6.07) is 53.4. The molecular weight excluding hydrogens is 587 g/mol. The van der Waals surface area contributed by atoms with Crippen LogP contribution in [-0.4, -0.2) is 23.9 Å². The van der Waals surface area contributed by atoms with Gasteiger partial charge in [-0.05, 0) is 22.9 Å². The van der Waals surface area contributed by atoms with Crippen LogP contribution in [0.25, 0.3) is 99.4 Å². The van der Waals surface area contributed by atoms with Gasteiger partial charge in [0.2, 0.25) is 5.95 Å². The lowest BCUT2D eigenvalue weighted by Crippen LogP contribution is -2.07. The Labute approximate surface area is 274 Å². The minimum absolute atomic E-state index is 0.593. The van der Waals surface area contributed by atoms with Crippen LogP contribution in [0.2, 0.25) is 0 Å². The van der Waals surface area contributed by atoms with E-state index in [9.17, 15) is 0 Å². The fourth-order valence-electron chi connectivity index (χ4n) is 7.95. The van der Waals surface area contributed by atoms with E-state index in [2.05, 4.69) is 124 Å². The Hall–Kier alpha value is -6.59. The molecule has 11 rings (SSSR count). The molecule has 0 spiro atoms. The van der Waals surface area contributed by atoms with Gasteiger partial charge in [0.1, 0.15) is 0 Å². The van der Waals surface area contributed by atoms with Gasteiger partial charge >= 0.3 is 0 Å². The smallest absolute Gasteiger partial charge is 0.238 e. The summed E-state index contributed by atoms with van der Waals surface area (Å²) >= 11 is 0. The highest BCUT2D eigenvalue weighted by Gasteiger charge is 2.27. The highest BCUT2D eigenvalue weighted by atomic mass is 15.2. The predicted octanol–water partition coefficient (Wildman–Crippen LogP) is 10.6. The molecule has 0 radical (unpaired) electrons. The monoisotopic (exact) mass is 611 g/mol. The van der Waals surface area contributed by atoms with E-state index in [1.165, 1.54) is 48.7 Å². The zero-order valence-corrected chi connectivity index (χ0v) is 25.7. The van der Waals surface area contributed by atoms with Crippen molar-refractivity contribution in [3.63, 3.8) is 0 Å². The van der Waals surface area contributed by atoms with Crippen molar-refractivity contribution in [3.05, 3.63) is 152 Å². The van der Waals surface area contributed by atoms with Gasteiger partial charge in [0.05, 0.1) is 27.6 Å². The van der Waals surface area contributed by atoms with Crippen LogP contribution in [0.1, 0.15) is 0 Å². The normalized spacial score (nSPS) is 12.2. The summed E-state index contributed by atoms with van der Waals surface area (Å²) in [4.78, 5) is 15.5. The van der Waals surface area contributed by atoms with Gasteiger partial charge in [-0.2, -0.15) is 9.97 Å². The first-order valence-electron chi connectivity index (χ1n) is 16.2. The average Bonchev–Trinajstić information content (AvgIpc) is 3.81. The van der Waals surface area contributed by atoms with Crippen molar-refractivity contribution in [2.24, 2.45) is 0 Å². The summed E-state index contributed by atoms with van der Waals surface area (Å²) in [5, 5.41) is 9.83. The first kappa shape index (κ1) is 25.6. The topological polar surface area (TPSA) is 48.0 Å². The third-order valence-corrected chi connectivity index (χ3v) is 9.88. The van der Waals surface area contributed by atoms with E-state index in [-0.39, 0.29) is 0 Å². The SMILES string of the molecule is c1ccc(-c2nc(-c3ccccc3)nc(-n3c4ccccc4c4c5ccccc5c5c6cccc7c8ccccc8n(c76)c5c43)n2)cc1. The fourth-order valence-corrected chi connectivity index (χ4v) is 7.95. The number of benzene rings is 7. The molecule has 5 nitrogen and oxygen atoms in total. The molecule has 0 fully saturated rings. The van der Waals surface area contributed by atoms with Crippen molar-refractivity contribution in [2.75, 3.05) is 0 Å². The summed E-state index contributed by atoms with van der Waals surface area (Å²) in [6.45, 7) is 0. The van der Waals surface area contributed by atoms with Crippen molar-refractivity contribution in [1.82, 2.24) is 23.9 Å². The number of hydrogen-bond acceptors (Lipinski definition) is 3. The number of fused-ring (bicyclic) bond motifs is 13. The van der Waals surface area contributed by atoms with Crippen LogP contribution in [0.3, 0.4) is 0 Å². The molecule has 0 saturated carbocycles. The number of hydrogen-bond donors (Lipinski definition) is 0. The molecule has 0 atom stereocenters. The van der Waals surface area contributed by atoms with E-state index in [4.69, 9.17) is 15.0 Å². The first-order valence-corrected chi connectivity index (χ1v) is 16.2. The lowest BCUT2D eigenvalue weighted by atomic mass is 9.98. The van der Waals surface area contributed by atoms with E-state index < -0.39 is 0 Å². The van der Waals surface area contributed by atoms with Gasteiger partial charge in [-0.25, -0.2) is 4.98 Å². The second-order valence-corrected chi connectivity index (χ2v) is 12.4. The van der Waals surface area contributed by atoms with Crippen LogP contribution >= 0.6 is 0 Å². The molecule has 11 aromatic rings. The zero-order valence-electron chi connectivity index (χ0n) is 25.7. The Morgan fingerprint density at radius 2 is 0.833 bits per heavy atom. The Kier molecular flexibility index (Phi) is 5.05. The lowest BCUT2D eigenvalue weighted by Gasteiger charge is -2.12. The van der Waals surface area contributed by atoms with Gasteiger partial charge in [-0.15, -0.1) is 0 Å². The van der Waals surface area contributed by atoms with Crippen molar-refractivity contribution in [3.8, 4) is 28.7 Å². The molecule has 222 valence electrons. The largest absolute Gasteiger partial charge is 0.306 e. The standard InChI is InChI=1S/C43H25N5/c1-3-14-26(15-4-1)41-44-42(27-16-5-2-6-17-27)46-43(45-41)48-35-25-12-10-21-32(35)36-29-19-7-8-20-30(29)37-33-23-13-22-31-28-18-9-11-24-34(28)47(38(31)33)39(37)40(36)48/h1-25H.